The molecule has 0 aliphatic rings. The van der Waals surface area contributed by atoms with E-state index in [-0.39, 0.29) is 11.3 Å². The van der Waals surface area contributed by atoms with E-state index in [1.54, 1.807) is 0 Å². The molecule has 3 nitrogen and oxygen atoms in total. The van der Waals surface area contributed by atoms with Crippen molar-refractivity contribution in [3.63, 3.8) is 0 Å². The van der Waals surface area contributed by atoms with E-state index in [0.29, 0.717) is 6.07 Å². The van der Waals surface area contributed by atoms with E-state index in [1.165, 1.54) is 0 Å². The maximum atomic E-state index is 13.2. The van der Waals surface area contributed by atoms with Gasteiger partial charge in [-0.2, -0.15) is 17.2 Å². The third kappa shape index (κ3) is 2.75. The molecule has 0 saturated carbocycles. The minimum Gasteiger partial charge on any atom is -0.281 e. The van der Waals surface area contributed by atoms with Gasteiger partial charge in [-0.3, -0.25) is 4.55 Å². The molecule has 0 aromatic carbocycles. The summed E-state index contributed by atoms with van der Waals surface area (Å²) in [5, 5.41) is 0.895. The van der Waals surface area contributed by atoms with E-state index in [2.05, 4.69) is 0 Å². The van der Waals surface area contributed by atoms with Crippen molar-refractivity contribution in [3.05, 3.63) is 17.0 Å². The van der Waals surface area contributed by atoms with Crippen LogP contribution in [0.5, 0.6) is 0 Å². The van der Waals surface area contributed by atoms with Crippen molar-refractivity contribution in [1.82, 2.24) is 0 Å². The van der Waals surface area contributed by atoms with Gasteiger partial charge < -0.3 is 0 Å². The van der Waals surface area contributed by atoms with Gasteiger partial charge in [0.15, 0.2) is 10.4 Å². The van der Waals surface area contributed by atoms with Crippen molar-refractivity contribution in [1.29, 1.82) is 0 Å². The first-order chi connectivity index (χ1) is 7.58. The summed E-state index contributed by atoms with van der Waals surface area (Å²) < 4.78 is 91.2. The Morgan fingerprint density at radius 1 is 1.29 bits per heavy atom. The summed E-state index contributed by atoms with van der Waals surface area (Å²) >= 11 is 0.256. The Bertz CT molecular complexity index is 495. The summed E-state index contributed by atoms with van der Waals surface area (Å²) in [7, 11) is -4.92. The first-order valence-corrected chi connectivity index (χ1v) is 6.25. The Morgan fingerprint density at radius 3 is 2.24 bits per heavy atom. The molecule has 0 saturated heterocycles. The normalized spacial score (nSPS) is 15.2. The summed E-state index contributed by atoms with van der Waals surface area (Å²) in [6.45, 7) is 0. The van der Waals surface area contributed by atoms with Crippen LogP contribution < -0.4 is 0 Å². The quantitative estimate of drug-likeness (QED) is 0.686. The van der Waals surface area contributed by atoms with E-state index in [4.69, 9.17) is 4.55 Å². The van der Waals surface area contributed by atoms with Gasteiger partial charge in [0.05, 0.1) is 0 Å². The standard InChI is InChI=1S/C7H5F5O3S2/c8-4(7(11,12)6(9)10)3-1-2-16-5(3)17(13,14)15/h1-2,4,6H,(H,13,14,15). The van der Waals surface area contributed by atoms with Gasteiger partial charge in [0.2, 0.25) is 0 Å². The fraction of sp³-hybridized carbons (Fsp3) is 0.429. The minimum atomic E-state index is -5.03. The third-order valence-corrected chi connectivity index (χ3v) is 4.14. The zero-order valence-electron chi connectivity index (χ0n) is 7.78. The summed E-state index contributed by atoms with van der Waals surface area (Å²) in [6, 6.07) is 0.606. The van der Waals surface area contributed by atoms with Crippen LogP contribution in [0, 0.1) is 0 Å². The zero-order chi connectivity index (χ0) is 13.4. The molecule has 0 bridgehead atoms. The molecule has 1 rings (SSSR count). The lowest BCUT2D eigenvalue weighted by atomic mass is 10.1. The SMILES string of the molecule is O=S(=O)(O)c1sccc1C(F)C(F)(F)C(F)F. The molecule has 1 N–H and O–H groups in total. The second kappa shape index (κ2) is 4.50. The molecule has 0 radical (unpaired) electrons. The number of hydrogen-bond acceptors (Lipinski definition) is 3. The average molecular weight is 296 g/mol. The van der Waals surface area contributed by atoms with Crippen LogP contribution in [0.4, 0.5) is 22.0 Å². The highest BCUT2D eigenvalue weighted by molar-refractivity contribution is 7.88. The lowest BCUT2D eigenvalue weighted by Crippen LogP contribution is -2.32. The second-order valence-electron chi connectivity index (χ2n) is 2.98. The predicted molar refractivity (Wildman–Crippen MR) is 48.9 cm³/mol. The van der Waals surface area contributed by atoms with Crippen molar-refractivity contribution in [2.45, 2.75) is 22.7 Å². The van der Waals surface area contributed by atoms with E-state index >= 15 is 0 Å². The Hall–Kier alpha value is -0.740. The Labute approximate surface area is 96.6 Å². The highest BCUT2D eigenvalue weighted by Crippen LogP contribution is 2.42. The molecule has 1 unspecified atom stereocenters. The molecule has 1 atom stereocenters. The van der Waals surface area contributed by atoms with Crippen molar-refractivity contribution < 1.29 is 34.9 Å². The van der Waals surface area contributed by atoms with Crippen LogP contribution in [-0.2, 0) is 10.1 Å². The van der Waals surface area contributed by atoms with Crippen LogP contribution in [0.1, 0.15) is 11.7 Å². The highest BCUT2D eigenvalue weighted by Gasteiger charge is 2.51. The summed E-state index contributed by atoms with van der Waals surface area (Å²) in [5.74, 6) is -5.03. The topological polar surface area (TPSA) is 54.4 Å². The van der Waals surface area contributed by atoms with E-state index in [0.717, 1.165) is 5.38 Å². The monoisotopic (exact) mass is 296 g/mol. The summed E-state index contributed by atoms with van der Waals surface area (Å²) in [5.41, 5.74) is -1.18. The van der Waals surface area contributed by atoms with E-state index in [9.17, 15) is 30.4 Å². The summed E-state index contributed by atoms with van der Waals surface area (Å²) in [4.78, 5) is 0. The Kier molecular flexibility index (Phi) is 3.79. The van der Waals surface area contributed by atoms with E-state index < -0.39 is 38.4 Å². The van der Waals surface area contributed by atoms with Gasteiger partial charge in [-0.15, -0.1) is 11.3 Å². The van der Waals surface area contributed by atoms with Crippen LogP contribution in [0.3, 0.4) is 0 Å². The van der Waals surface area contributed by atoms with Gasteiger partial charge in [-0.1, -0.05) is 0 Å². The number of halogens is 5. The van der Waals surface area contributed by atoms with Crippen molar-refractivity contribution in [2.24, 2.45) is 0 Å². The van der Waals surface area contributed by atoms with E-state index in [1.807, 2.05) is 0 Å². The molecule has 0 aliphatic carbocycles. The molecule has 0 spiro atoms. The zero-order valence-corrected chi connectivity index (χ0v) is 9.41. The maximum absolute atomic E-state index is 13.2. The molecule has 0 fully saturated rings. The lowest BCUT2D eigenvalue weighted by molar-refractivity contribution is -0.173. The minimum absolute atomic E-state index is 0.256. The predicted octanol–water partition coefficient (Wildman–Crippen LogP) is 2.91. The van der Waals surface area contributed by atoms with Crippen LogP contribution in [0.25, 0.3) is 0 Å². The van der Waals surface area contributed by atoms with Crippen LogP contribution in [0.15, 0.2) is 15.7 Å². The smallest absolute Gasteiger partial charge is 0.281 e. The molecule has 0 aliphatic heterocycles. The van der Waals surface area contributed by atoms with Crippen molar-refractivity contribution in [3.8, 4) is 0 Å². The first-order valence-electron chi connectivity index (χ1n) is 3.93. The fourth-order valence-corrected chi connectivity index (χ4v) is 2.79. The van der Waals surface area contributed by atoms with Crippen molar-refractivity contribution >= 4 is 21.5 Å². The summed E-state index contributed by atoms with van der Waals surface area (Å²) in [6.07, 6.45) is -7.79. The van der Waals surface area contributed by atoms with Crippen LogP contribution >= 0.6 is 11.3 Å². The van der Waals surface area contributed by atoms with Gasteiger partial charge in [0.1, 0.15) is 0 Å². The molecule has 1 aromatic heterocycles. The largest absolute Gasteiger partial charge is 0.342 e. The van der Waals surface area contributed by atoms with Crippen LogP contribution in [0.2, 0.25) is 0 Å². The third-order valence-electron chi connectivity index (χ3n) is 1.79. The van der Waals surface area contributed by atoms with Gasteiger partial charge >= 0.3 is 22.5 Å². The van der Waals surface area contributed by atoms with Gasteiger partial charge in [-0.25, -0.2) is 13.2 Å². The van der Waals surface area contributed by atoms with Gasteiger partial charge in [0, 0.05) is 5.56 Å². The molecule has 98 valence electrons. The molecule has 10 heteroatoms. The first kappa shape index (κ1) is 14.3. The second-order valence-corrected chi connectivity index (χ2v) is 5.51. The van der Waals surface area contributed by atoms with Crippen molar-refractivity contribution in [2.75, 3.05) is 0 Å². The number of alkyl halides is 5. The molecular formula is C7H5F5O3S2. The number of hydrogen-bond donors (Lipinski definition) is 1. The van der Waals surface area contributed by atoms with Gasteiger partial charge in [0.25, 0.3) is 0 Å². The highest BCUT2D eigenvalue weighted by atomic mass is 32.3. The van der Waals surface area contributed by atoms with Gasteiger partial charge in [-0.05, 0) is 11.4 Å². The maximum Gasteiger partial charge on any atom is 0.342 e. The fourth-order valence-electron chi connectivity index (χ4n) is 1.02. The molecular weight excluding hydrogens is 291 g/mol. The lowest BCUT2D eigenvalue weighted by Gasteiger charge is -2.19. The number of thiophene rings is 1. The number of rotatable bonds is 4. The Balaban J connectivity index is 3.24. The Morgan fingerprint density at radius 2 is 1.82 bits per heavy atom. The average Bonchev–Trinajstić information content (AvgIpc) is 2.63. The molecule has 0 amide bonds. The molecule has 1 aromatic rings. The van der Waals surface area contributed by atoms with Crippen LogP contribution in [-0.4, -0.2) is 25.3 Å². The molecule has 1 heterocycles. The molecule has 17 heavy (non-hydrogen) atoms.